The zero-order chi connectivity index (χ0) is 8.32. The van der Waals surface area contributed by atoms with Gasteiger partial charge in [0.1, 0.15) is 0 Å². The molecule has 0 fully saturated rings. The van der Waals surface area contributed by atoms with Crippen molar-refractivity contribution in [3.8, 4) is 0 Å². The van der Waals surface area contributed by atoms with E-state index >= 15 is 0 Å². The summed E-state index contributed by atoms with van der Waals surface area (Å²) in [7, 11) is 0. The van der Waals surface area contributed by atoms with Crippen LogP contribution in [0.3, 0.4) is 0 Å². The van der Waals surface area contributed by atoms with E-state index in [0.717, 1.165) is 0 Å². The molecule has 1 aromatic rings. The molecule has 0 aliphatic rings. The van der Waals surface area contributed by atoms with Crippen molar-refractivity contribution in [3.63, 3.8) is 0 Å². The molecule has 0 saturated carbocycles. The molecule has 0 radical (unpaired) electrons. The van der Waals surface area contributed by atoms with Gasteiger partial charge in [0, 0.05) is 22.0 Å². The van der Waals surface area contributed by atoms with E-state index in [1.165, 1.54) is 4.90 Å². The van der Waals surface area contributed by atoms with Crippen molar-refractivity contribution in [3.05, 3.63) is 24.5 Å². The summed E-state index contributed by atoms with van der Waals surface area (Å²) in [5.74, 6) is 0. The first-order valence-corrected chi connectivity index (χ1v) is 4.49. The van der Waals surface area contributed by atoms with Crippen molar-refractivity contribution < 1.29 is 0 Å². The Kier molecular flexibility index (Phi) is 2.55. The first-order chi connectivity index (χ1) is 5.08. The SMILES string of the molecule is CC(C)(C)Sc1ccncc1. The molecule has 0 atom stereocenters. The fraction of sp³-hybridized carbons (Fsp3) is 0.444. The van der Waals surface area contributed by atoms with Crippen LogP contribution < -0.4 is 0 Å². The van der Waals surface area contributed by atoms with E-state index in [9.17, 15) is 0 Å². The minimum Gasteiger partial charge on any atom is -0.265 e. The standard InChI is InChI=1S/C9H13NS/c1-9(2,3)11-8-4-6-10-7-5-8/h4-7H,1-3H3. The number of thioether (sulfide) groups is 1. The molecule has 2 heteroatoms. The van der Waals surface area contributed by atoms with Gasteiger partial charge in [-0.3, -0.25) is 4.98 Å². The van der Waals surface area contributed by atoms with Crippen LogP contribution in [0.2, 0.25) is 0 Å². The van der Waals surface area contributed by atoms with Crippen LogP contribution in [0.25, 0.3) is 0 Å². The molecule has 1 heterocycles. The van der Waals surface area contributed by atoms with Gasteiger partial charge >= 0.3 is 0 Å². The van der Waals surface area contributed by atoms with Gasteiger partial charge in [-0.2, -0.15) is 0 Å². The van der Waals surface area contributed by atoms with E-state index < -0.39 is 0 Å². The van der Waals surface area contributed by atoms with Crippen LogP contribution in [0.4, 0.5) is 0 Å². The maximum atomic E-state index is 3.96. The van der Waals surface area contributed by atoms with Crippen molar-refractivity contribution in [2.24, 2.45) is 0 Å². The second-order valence-corrected chi connectivity index (χ2v) is 5.30. The zero-order valence-corrected chi connectivity index (χ0v) is 7.98. The predicted molar refractivity (Wildman–Crippen MR) is 49.8 cm³/mol. The van der Waals surface area contributed by atoms with Crippen molar-refractivity contribution in [2.45, 2.75) is 30.4 Å². The maximum absolute atomic E-state index is 3.96. The van der Waals surface area contributed by atoms with Gasteiger partial charge in [0.2, 0.25) is 0 Å². The fourth-order valence-corrected chi connectivity index (χ4v) is 1.72. The Morgan fingerprint density at radius 1 is 1.18 bits per heavy atom. The average molecular weight is 167 g/mol. The lowest BCUT2D eigenvalue weighted by Crippen LogP contribution is -2.06. The van der Waals surface area contributed by atoms with Crippen LogP contribution in [-0.4, -0.2) is 9.73 Å². The Bertz CT molecular complexity index is 213. The molecule has 0 aliphatic carbocycles. The van der Waals surface area contributed by atoms with Gasteiger partial charge < -0.3 is 0 Å². The highest BCUT2D eigenvalue weighted by Crippen LogP contribution is 2.30. The summed E-state index contributed by atoms with van der Waals surface area (Å²) < 4.78 is 0.293. The maximum Gasteiger partial charge on any atom is 0.0278 e. The Labute approximate surface area is 72.2 Å². The molecular formula is C9H13NS. The predicted octanol–water partition coefficient (Wildman–Crippen LogP) is 2.97. The Morgan fingerprint density at radius 2 is 1.73 bits per heavy atom. The highest BCUT2D eigenvalue weighted by Gasteiger charge is 2.10. The molecule has 0 bridgehead atoms. The molecule has 11 heavy (non-hydrogen) atoms. The van der Waals surface area contributed by atoms with Crippen molar-refractivity contribution >= 4 is 11.8 Å². The van der Waals surface area contributed by atoms with Crippen molar-refractivity contribution in [1.29, 1.82) is 0 Å². The summed E-state index contributed by atoms with van der Waals surface area (Å²) in [6, 6.07) is 4.08. The highest BCUT2D eigenvalue weighted by atomic mass is 32.2. The van der Waals surface area contributed by atoms with E-state index in [1.807, 2.05) is 36.3 Å². The number of aromatic nitrogens is 1. The highest BCUT2D eigenvalue weighted by molar-refractivity contribution is 8.00. The Hall–Kier alpha value is -0.500. The lowest BCUT2D eigenvalue weighted by molar-refractivity contribution is 0.802. The van der Waals surface area contributed by atoms with Gasteiger partial charge in [0.25, 0.3) is 0 Å². The summed E-state index contributed by atoms with van der Waals surface area (Å²) in [5.41, 5.74) is 0. The fourth-order valence-electron chi connectivity index (χ4n) is 0.760. The molecule has 60 valence electrons. The van der Waals surface area contributed by atoms with Crippen LogP contribution in [0.15, 0.2) is 29.4 Å². The van der Waals surface area contributed by atoms with E-state index in [-0.39, 0.29) is 0 Å². The largest absolute Gasteiger partial charge is 0.265 e. The van der Waals surface area contributed by atoms with Crippen molar-refractivity contribution in [1.82, 2.24) is 4.98 Å². The Balaban J connectivity index is 2.66. The molecule has 0 saturated heterocycles. The minimum atomic E-state index is 0.293. The average Bonchev–Trinajstić information content (AvgIpc) is 1.85. The topological polar surface area (TPSA) is 12.9 Å². The third kappa shape index (κ3) is 3.42. The number of rotatable bonds is 1. The lowest BCUT2D eigenvalue weighted by Gasteiger charge is -2.16. The van der Waals surface area contributed by atoms with Crippen LogP contribution >= 0.6 is 11.8 Å². The van der Waals surface area contributed by atoms with E-state index in [1.54, 1.807) is 0 Å². The molecule has 1 rings (SSSR count). The number of pyridine rings is 1. The van der Waals surface area contributed by atoms with Crippen LogP contribution in [0.1, 0.15) is 20.8 Å². The first-order valence-electron chi connectivity index (χ1n) is 3.67. The van der Waals surface area contributed by atoms with Crippen LogP contribution in [0, 0.1) is 0 Å². The van der Waals surface area contributed by atoms with E-state index in [4.69, 9.17) is 0 Å². The molecule has 0 aromatic carbocycles. The quantitative estimate of drug-likeness (QED) is 0.596. The van der Waals surface area contributed by atoms with Crippen molar-refractivity contribution in [2.75, 3.05) is 0 Å². The van der Waals surface area contributed by atoms with Gasteiger partial charge in [-0.15, -0.1) is 11.8 Å². The third-order valence-electron chi connectivity index (χ3n) is 1.07. The summed E-state index contributed by atoms with van der Waals surface area (Å²) in [5, 5.41) is 0. The van der Waals surface area contributed by atoms with Gasteiger partial charge in [0.05, 0.1) is 0 Å². The zero-order valence-electron chi connectivity index (χ0n) is 7.16. The van der Waals surface area contributed by atoms with Gasteiger partial charge in [-0.1, -0.05) is 20.8 Å². The van der Waals surface area contributed by atoms with Gasteiger partial charge in [-0.25, -0.2) is 0 Å². The first kappa shape index (κ1) is 8.60. The van der Waals surface area contributed by atoms with E-state index in [0.29, 0.717) is 4.75 Å². The van der Waals surface area contributed by atoms with Gasteiger partial charge in [-0.05, 0) is 12.1 Å². The molecule has 0 amide bonds. The summed E-state index contributed by atoms with van der Waals surface area (Å²) >= 11 is 1.86. The smallest absolute Gasteiger partial charge is 0.0278 e. The van der Waals surface area contributed by atoms with E-state index in [2.05, 4.69) is 25.8 Å². The molecule has 0 aliphatic heterocycles. The second kappa shape index (κ2) is 3.26. The third-order valence-corrected chi connectivity index (χ3v) is 2.19. The van der Waals surface area contributed by atoms with Gasteiger partial charge in [0.15, 0.2) is 0 Å². The molecular weight excluding hydrogens is 154 g/mol. The summed E-state index contributed by atoms with van der Waals surface area (Å²) in [6.45, 7) is 6.62. The lowest BCUT2D eigenvalue weighted by atomic mass is 10.3. The number of hydrogen-bond donors (Lipinski definition) is 0. The molecule has 0 spiro atoms. The monoisotopic (exact) mass is 167 g/mol. The normalized spacial score (nSPS) is 11.5. The molecule has 1 nitrogen and oxygen atoms in total. The summed E-state index contributed by atoms with van der Waals surface area (Å²) in [4.78, 5) is 5.25. The number of hydrogen-bond acceptors (Lipinski definition) is 2. The minimum absolute atomic E-state index is 0.293. The van der Waals surface area contributed by atoms with Crippen LogP contribution in [-0.2, 0) is 0 Å². The molecule has 0 unspecified atom stereocenters. The second-order valence-electron chi connectivity index (χ2n) is 3.40. The number of nitrogens with zero attached hydrogens (tertiary/aromatic N) is 1. The summed E-state index contributed by atoms with van der Waals surface area (Å²) in [6.07, 6.45) is 3.65. The molecule has 0 N–H and O–H groups in total. The Morgan fingerprint density at radius 3 is 2.18 bits per heavy atom. The van der Waals surface area contributed by atoms with Crippen LogP contribution in [0.5, 0.6) is 0 Å². The molecule has 1 aromatic heterocycles.